The van der Waals surface area contributed by atoms with Crippen LogP contribution < -0.4 is 9.47 Å². The minimum atomic E-state index is -0.237. The maximum absolute atomic E-state index is 13.0. The van der Waals surface area contributed by atoms with Crippen LogP contribution in [0.1, 0.15) is 48.5 Å². The number of hydrogen-bond acceptors (Lipinski definition) is 6. The Kier molecular flexibility index (Phi) is 7.89. The summed E-state index contributed by atoms with van der Waals surface area (Å²) in [5.41, 5.74) is 1.20. The second-order valence-corrected chi connectivity index (χ2v) is 7.51. The third-order valence-corrected chi connectivity index (χ3v) is 5.50. The minimum Gasteiger partial charge on any atom is -0.493 e. The van der Waals surface area contributed by atoms with E-state index >= 15 is 0 Å². The Balaban J connectivity index is 1.68. The molecular formula is C22H32N2O5. The number of ether oxygens (including phenoxy) is 3. The van der Waals surface area contributed by atoms with Gasteiger partial charge in [0.15, 0.2) is 11.5 Å². The van der Waals surface area contributed by atoms with Crippen molar-refractivity contribution in [2.45, 2.75) is 39.0 Å². The Morgan fingerprint density at radius 1 is 1.07 bits per heavy atom. The van der Waals surface area contributed by atoms with Crippen molar-refractivity contribution in [3.8, 4) is 11.5 Å². The van der Waals surface area contributed by atoms with Crippen molar-refractivity contribution in [1.82, 2.24) is 9.80 Å². The normalized spacial score (nSPS) is 17.4. The fourth-order valence-electron chi connectivity index (χ4n) is 3.84. The highest BCUT2D eigenvalue weighted by atomic mass is 16.5. The average Bonchev–Trinajstić information content (AvgIpc) is 2.74. The molecule has 0 aromatic heterocycles. The van der Waals surface area contributed by atoms with Crippen molar-refractivity contribution in [3.05, 3.63) is 23.3 Å². The van der Waals surface area contributed by atoms with Crippen molar-refractivity contribution in [2.24, 2.45) is 0 Å². The van der Waals surface area contributed by atoms with Gasteiger partial charge in [0.1, 0.15) is 0 Å². The number of unbranched alkanes of at least 4 members (excludes halogenated alkanes) is 2. The largest absolute Gasteiger partial charge is 0.493 e. The van der Waals surface area contributed by atoms with Crippen molar-refractivity contribution >= 4 is 11.8 Å². The van der Waals surface area contributed by atoms with E-state index in [9.17, 15) is 9.59 Å². The Morgan fingerprint density at radius 2 is 1.86 bits per heavy atom. The second kappa shape index (κ2) is 10.6. The number of nitrogens with zero attached hydrogens (tertiary/aromatic N) is 2. The molecule has 160 valence electrons. The Hall–Kier alpha value is -2.12. The van der Waals surface area contributed by atoms with E-state index in [1.807, 2.05) is 0 Å². The number of benzene rings is 1. The van der Waals surface area contributed by atoms with Crippen LogP contribution in [0.5, 0.6) is 11.5 Å². The van der Waals surface area contributed by atoms with E-state index in [-0.39, 0.29) is 18.2 Å². The predicted molar refractivity (Wildman–Crippen MR) is 110 cm³/mol. The smallest absolute Gasteiger partial charge is 0.260 e. The van der Waals surface area contributed by atoms with Gasteiger partial charge in [-0.3, -0.25) is 19.4 Å². The van der Waals surface area contributed by atoms with Crippen molar-refractivity contribution in [2.75, 3.05) is 53.1 Å². The number of fused-ring (bicyclic) bond motifs is 1. The number of rotatable bonds is 10. The third-order valence-electron chi connectivity index (χ3n) is 5.50. The number of morpholine rings is 1. The Labute approximate surface area is 172 Å². The van der Waals surface area contributed by atoms with Crippen LogP contribution in [0.3, 0.4) is 0 Å². The van der Waals surface area contributed by atoms with E-state index in [0.717, 1.165) is 58.5 Å². The summed E-state index contributed by atoms with van der Waals surface area (Å²) in [5.74, 6) is 0.702. The summed E-state index contributed by atoms with van der Waals surface area (Å²) in [4.78, 5) is 29.5. The quantitative estimate of drug-likeness (QED) is 0.441. The highest BCUT2D eigenvalue weighted by Gasteiger charge is 2.34. The molecule has 1 fully saturated rings. The van der Waals surface area contributed by atoms with Gasteiger partial charge in [0, 0.05) is 37.3 Å². The fourth-order valence-corrected chi connectivity index (χ4v) is 3.84. The highest BCUT2D eigenvalue weighted by Crippen LogP contribution is 2.37. The SMILES string of the molecule is CCCCCOc1c(OC)ccc2c1CC(=O)N(CCCN1CCOCC1)C2=O. The van der Waals surface area contributed by atoms with Gasteiger partial charge in [0.2, 0.25) is 5.91 Å². The molecule has 3 rings (SSSR count). The van der Waals surface area contributed by atoms with Gasteiger partial charge in [-0.15, -0.1) is 0 Å². The summed E-state index contributed by atoms with van der Waals surface area (Å²) < 4.78 is 16.7. The molecule has 1 aromatic carbocycles. The topological polar surface area (TPSA) is 68.3 Å². The molecule has 7 heteroatoms. The molecule has 1 saturated heterocycles. The molecular weight excluding hydrogens is 372 g/mol. The molecule has 0 unspecified atom stereocenters. The Bertz CT molecular complexity index is 715. The molecule has 2 aliphatic rings. The number of hydrogen-bond donors (Lipinski definition) is 0. The van der Waals surface area contributed by atoms with Gasteiger partial charge in [0.05, 0.1) is 33.4 Å². The first-order valence-corrected chi connectivity index (χ1v) is 10.6. The first-order valence-electron chi connectivity index (χ1n) is 10.6. The number of imide groups is 1. The molecule has 0 aliphatic carbocycles. The molecule has 0 atom stereocenters. The summed E-state index contributed by atoms with van der Waals surface area (Å²) in [5, 5.41) is 0. The maximum Gasteiger partial charge on any atom is 0.260 e. The van der Waals surface area contributed by atoms with Crippen LogP contribution in [-0.2, 0) is 16.0 Å². The molecule has 2 amide bonds. The van der Waals surface area contributed by atoms with Gasteiger partial charge in [-0.25, -0.2) is 0 Å². The standard InChI is InChI=1S/C22H32N2O5/c1-3-4-5-13-29-21-18-16-20(25)24(10-6-9-23-11-14-28-15-12-23)22(26)17(18)7-8-19(21)27-2/h7-8H,3-6,9-16H2,1-2H3. The Morgan fingerprint density at radius 3 is 2.59 bits per heavy atom. The summed E-state index contributed by atoms with van der Waals surface area (Å²) in [6, 6.07) is 3.50. The van der Waals surface area contributed by atoms with Crippen LogP contribution in [0.15, 0.2) is 12.1 Å². The van der Waals surface area contributed by atoms with Crippen LogP contribution in [0.4, 0.5) is 0 Å². The van der Waals surface area contributed by atoms with Gasteiger partial charge >= 0.3 is 0 Å². The zero-order chi connectivity index (χ0) is 20.6. The van der Waals surface area contributed by atoms with Crippen LogP contribution >= 0.6 is 0 Å². The van der Waals surface area contributed by atoms with E-state index in [0.29, 0.717) is 35.8 Å². The van der Waals surface area contributed by atoms with Crippen LogP contribution in [0.2, 0.25) is 0 Å². The van der Waals surface area contributed by atoms with Gasteiger partial charge < -0.3 is 14.2 Å². The van der Waals surface area contributed by atoms with Crippen molar-refractivity contribution in [3.63, 3.8) is 0 Å². The number of amides is 2. The second-order valence-electron chi connectivity index (χ2n) is 7.51. The zero-order valence-electron chi connectivity index (χ0n) is 17.6. The highest BCUT2D eigenvalue weighted by molar-refractivity contribution is 6.10. The molecule has 1 aromatic rings. The van der Waals surface area contributed by atoms with E-state index in [1.54, 1.807) is 19.2 Å². The summed E-state index contributed by atoms with van der Waals surface area (Å²) in [7, 11) is 1.57. The lowest BCUT2D eigenvalue weighted by molar-refractivity contribution is -0.128. The molecule has 0 saturated carbocycles. The van der Waals surface area contributed by atoms with Gasteiger partial charge in [0.25, 0.3) is 5.91 Å². The number of carbonyl (C=O) groups is 2. The third kappa shape index (κ3) is 5.28. The zero-order valence-corrected chi connectivity index (χ0v) is 17.6. The molecule has 2 aliphatic heterocycles. The molecule has 7 nitrogen and oxygen atoms in total. The minimum absolute atomic E-state index is 0.166. The lowest BCUT2D eigenvalue weighted by atomic mass is 9.96. The van der Waals surface area contributed by atoms with E-state index in [2.05, 4.69) is 11.8 Å². The molecule has 0 spiro atoms. The predicted octanol–water partition coefficient (Wildman–Crippen LogP) is 2.51. The van der Waals surface area contributed by atoms with Gasteiger partial charge in [-0.05, 0) is 25.0 Å². The average molecular weight is 405 g/mol. The first-order chi connectivity index (χ1) is 14.2. The van der Waals surface area contributed by atoms with E-state index < -0.39 is 0 Å². The molecule has 0 radical (unpaired) electrons. The molecule has 29 heavy (non-hydrogen) atoms. The van der Waals surface area contributed by atoms with Crippen LogP contribution in [0, 0.1) is 0 Å². The van der Waals surface area contributed by atoms with E-state index in [4.69, 9.17) is 14.2 Å². The summed E-state index contributed by atoms with van der Waals surface area (Å²) >= 11 is 0. The molecule has 0 N–H and O–H groups in total. The van der Waals surface area contributed by atoms with Gasteiger partial charge in [-0.2, -0.15) is 0 Å². The van der Waals surface area contributed by atoms with Crippen LogP contribution in [-0.4, -0.2) is 74.7 Å². The van der Waals surface area contributed by atoms with E-state index in [1.165, 1.54) is 4.90 Å². The number of carbonyl (C=O) groups excluding carboxylic acids is 2. The maximum atomic E-state index is 13.0. The van der Waals surface area contributed by atoms with Crippen molar-refractivity contribution < 1.29 is 23.8 Å². The van der Waals surface area contributed by atoms with Crippen molar-refractivity contribution in [1.29, 1.82) is 0 Å². The first kappa shape index (κ1) is 21.6. The monoisotopic (exact) mass is 404 g/mol. The molecule has 2 heterocycles. The summed E-state index contributed by atoms with van der Waals surface area (Å²) in [6.07, 6.45) is 4.04. The fraction of sp³-hybridized carbons (Fsp3) is 0.636. The van der Waals surface area contributed by atoms with Gasteiger partial charge in [-0.1, -0.05) is 19.8 Å². The number of methoxy groups -OCH3 is 1. The van der Waals surface area contributed by atoms with Crippen LogP contribution in [0.25, 0.3) is 0 Å². The molecule has 0 bridgehead atoms. The lowest BCUT2D eigenvalue weighted by Gasteiger charge is -2.30. The lowest BCUT2D eigenvalue weighted by Crippen LogP contribution is -2.44. The summed E-state index contributed by atoms with van der Waals surface area (Å²) in [6.45, 7) is 7.29.